The molecule has 1 fully saturated rings. The SMILES string of the molecule is COCCCCN1C(=O)CNC1C(C)C. The Balaban J connectivity index is 2.33. The zero-order valence-electron chi connectivity index (χ0n) is 9.95. The molecule has 1 saturated heterocycles. The maximum atomic E-state index is 11.6. The molecule has 1 N–H and O–H groups in total. The summed E-state index contributed by atoms with van der Waals surface area (Å²) in [5, 5.41) is 3.24. The number of ether oxygens (including phenoxy) is 1. The Morgan fingerprint density at radius 2 is 2.27 bits per heavy atom. The van der Waals surface area contributed by atoms with Crippen LogP contribution in [-0.2, 0) is 9.53 Å². The van der Waals surface area contributed by atoms with E-state index >= 15 is 0 Å². The van der Waals surface area contributed by atoms with Gasteiger partial charge >= 0.3 is 0 Å². The zero-order valence-corrected chi connectivity index (χ0v) is 9.95. The van der Waals surface area contributed by atoms with E-state index in [1.807, 2.05) is 4.90 Å². The number of nitrogens with one attached hydrogen (secondary N) is 1. The molecule has 1 aliphatic rings. The first-order valence-electron chi connectivity index (χ1n) is 5.68. The first kappa shape index (κ1) is 12.5. The summed E-state index contributed by atoms with van der Waals surface area (Å²) in [5.41, 5.74) is 0. The van der Waals surface area contributed by atoms with E-state index in [9.17, 15) is 4.79 Å². The molecule has 0 radical (unpaired) electrons. The largest absolute Gasteiger partial charge is 0.385 e. The fourth-order valence-corrected chi connectivity index (χ4v) is 1.95. The van der Waals surface area contributed by atoms with Crippen molar-refractivity contribution in [1.29, 1.82) is 0 Å². The van der Waals surface area contributed by atoms with Gasteiger partial charge in [-0.25, -0.2) is 0 Å². The second kappa shape index (κ2) is 6.08. The fraction of sp³-hybridized carbons (Fsp3) is 0.909. The van der Waals surface area contributed by atoms with Crippen molar-refractivity contribution >= 4 is 5.91 Å². The summed E-state index contributed by atoms with van der Waals surface area (Å²) < 4.78 is 4.99. The van der Waals surface area contributed by atoms with Crippen molar-refractivity contribution in [2.45, 2.75) is 32.9 Å². The standard InChI is InChI=1S/C11H22N2O2/c1-9(2)11-12-8-10(14)13(11)6-4-5-7-15-3/h9,11-12H,4-8H2,1-3H3. The lowest BCUT2D eigenvalue weighted by Gasteiger charge is -2.27. The average molecular weight is 214 g/mol. The van der Waals surface area contributed by atoms with Crippen LogP contribution in [-0.4, -0.2) is 43.8 Å². The van der Waals surface area contributed by atoms with Gasteiger partial charge in [0.1, 0.15) is 0 Å². The van der Waals surface area contributed by atoms with Gasteiger partial charge < -0.3 is 9.64 Å². The molecular weight excluding hydrogens is 192 g/mol. The minimum absolute atomic E-state index is 0.222. The Morgan fingerprint density at radius 3 is 2.87 bits per heavy atom. The van der Waals surface area contributed by atoms with Gasteiger partial charge in [-0.1, -0.05) is 13.8 Å². The third-order valence-electron chi connectivity index (χ3n) is 2.75. The van der Waals surface area contributed by atoms with Crippen molar-refractivity contribution < 1.29 is 9.53 Å². The van der Waals surface area contributed by atoms with Crippen LogP contribution >= 0.6 is 0 Å². The Morgan fingerprint density at radius 1 is 1.53 bits per heavy atom. The van der Waals surface area contributed by atoms with E-state index in [1.54, 1.807) is 7.11 Å². The molecule has 88 valence electrons. The Kier molecular flexibility index (Phi) is 5.05. The molecule has 0 aromatic heterocycles. The maximum absolute atomic E-state index is 11.6. The molecule has 0 bridgehead atoms. The first-order valence-corrected chi connectivity index (χ1v) is 5.68. The highest BCUT2D eigenvalue weighted by atomic mass is 16.5. The van der Waals surface area contributed by atoms with Gasteiger partial charge in [0.2, 0.25) is 5.91 Å². The third kappa shape index (κ3) is 3.47. The molecular formula is C11H22N2O2. The highest BCUT2D eigenvalue weighted by molar-refractivity contribution is 5.80. The van der Waals surface area contributed by atoms with Gasteiger partial charge in [0.25, 0.3) is 0 Å². The molecule has 0 spiro atoms. The Labute approximate surface area is 92.0 Å². The van der Waals surface area contributed by atoms with Crippen molar-refractivity contribution in [3.05, 3.63) is 0 Å². The summed E-state index contributed by atoms with van der Waals surface area (Å²) in [7, 11) is 1.71. The summed E-state index contributed by atoms with van der Waals surface area (Å²) in [6.45, 7) is 6.39. The molecule has 1 heterocycles. The summed E-state index contributed by atoms with van der Waals surface area (Å²) in [5.74, 6) is 0.699. The topological polar surface area (TPSA) is 41.6 Å². The minimum Gasteiger partial charge on any atom is -0.385 e. The predicted molar refractivity (Wildman–Crippen MR) is 59.5 cm³/mol. The number of hydrogen-bond acceptors (Lipinski definition) is 3. The highest BCUT2D eigenvalue weighted by Crippen LogP contribution is 2.14. The number of nitrogens with zero attached hydrogens (tertiary/aromatic N) is 1. The van der Waals surface area contributed by atoms with Gasteiger partial charge in [-0.15, -0.1) is 0 Å². The van der Waals surface area contributed by atoms with E-state index in [2.05, 4.69) is 19.2 Å². The van der Waals surface area contributed by atoms with Gasteiger partial charge in [0.15, 0.2) is 0 Å². The van der Waals surface area contributed by atoms with Crippen LogP contribution in [0.4, 0.5) is 0 Å². The van der Waals surface area contributed by atoms with Crippen LogP contribution < -0.4 is 5.32 Å². The van der Waals surface area contributed by atoms with Gasteiger partial charge in [0.05, 0.1) is 12.7 Å². The lowest BCUT2D eigenvalue weighted by Crippen LogP contribution is -2.41. The smallest absolute Gasteiger partial charge is 0.237 e. The van der Waals surface area contributed by atoms with Crippen molar-refractivity contribution in [3.63, 3.8) is 0 Å². The number of methoxy groups -OCH3 is 1. The lowest BCUT2D eigenvalue weighted by molar-refractivity contribution is -0.128. The van der Waals surface area contributed by atoms with Crippen LogP contribution in [0.3, 0.4) is 0 Å². The average Bonchev–Trinajstić information content (AvgIpc) is 2.55. The predicted octanol–water partition coefficient (Wildman–Crippen LogP) is 0.827. The third-order valence-corrected chi connectivity index (χ3v) is 2.75. The number of carbonyl (C=O) groups excluding carboxylic acids is 1. The molecule has 15 heavy (non-hydrogen) atoms. The van der Waals surface area contributed by atoms with Gasteiger partial charge in [0, 0.05) is 20.3 Å². The number of carbonyl (C=O) groups is 1. The maximum Gasteiger partial charge on any atom is 0.237 e. The van der Waals surface area contributed by atoms with Crippen LogP contribution in [0.5, 0.6) is 0 Å². The molecule has 4 heteroatoms. The van der Waals surface area contributed by atoms with Crippen LogP contribution in [0.1, 0.15) is 26.7 Å². The Hall–Kier alpha value is -0.610. The quantitative estimate of drug-likeness (QED) is 0.666. The minimum atomic E-state index is 0.222. The molecule has 1 aliphatic heterocycles. The highest BCUT2D eigenvalue weighted by Gasteiger charge is 2.31. The van der Waals surface area contributed by atoms with Gasteiger partial charge in [-0.05, 0) is 18.8 Å². The Bertz CT molecular complexity index is 207. The lowest BCUT2D eigenvalue weighted by atomic mass is 10.1. The summed E-state index contributed by atoms with van der Waals surface area (Å²) in [4.78, 5) is 13.5. The second-order valence-corrected chi connectivity index (χ2v) is 4.36. The van der Waals surface area contributed by atoms with Crippen molar-refractivity contribution in [3.8, 4) is 0 Å². The molecule has 1 rings (SSSR count). The monoisotopic (exact) mass is 214 g/mol. The molecule has 0 aliphatic carbocycles. The number of unbranched alkanes of at least 4 members (excludes halogenated alkanes) is 1. The molecule has 0 aromatic carbocycles. The van der Waals surface area contributed by atoms with Gasteiger partial charge in [-0.3, -0.25) is 10.1 Å². The molecule has 1 amide bonds. The number of amides is 1. The second-order valence-electron chi connectivity index (χ2n) is 4.36. The van der Waals surface area contributed by atoms with E-state index in [4.69, 9.17) is 4.74 Å². The van der Waals surface area contributed by atoms with E-state index in [0.717, 1.165) is 26.0 Å². The first-order chi connectivity index (χ1) is 7.16. The summed E-state index contributed by atoms with van der Waals surface area (Å²) in [6.07, 6.45) is 2.26. The molecule has 1 unspecified atom stereocenters. The molecule has 1 atom stereocenters. The van der Waals surface area contributed by atoms with Crippen LogP contribution in [0.25, 0.3) is 0 Å². The number of rotatable bonds is 6. The van der Waals surface area contributed by atoms with Crippen molar-refractivity contribution in [2.75, 3.05) is 26.8 Å². The molecule has 0 aromatic rings. The fourth-order valence-electron chi connectivity index (χ4n) is 1.95. The van der Waals surface area contributed by atoms with Gasteiger partial charge in [-0.2, -0.15) is 0 Å². The molecule has 4 nitrogen and oxygen atoms in total. The summed E-state index contributed by atoms with van der Waals surface area (Å²) in [6, 6.07) is 0. The van der Waals surface area contributed by atoms with Crippen LogP contribution in [0, 0.1) is 5.92 Å². The van der Waals surface area contributed by atoms with Crippen LogP contribution in [0.2, 0.25) is 0 Å². The summed E-state index contributed by atoms with van der Waals surface area (Å²) >= 11 is 0. The molecule has 0 saturated carbocycles. The van der Waals surface area contributed by atoms with Crippen molar-refractivity contribution in [1.82, 2.24) is 10.2 Å². The van der Waals surface area contributed by atoms with E-state index in [1.165, 1.54) is 0 Å². The van der Waals surface area contributed by atoms with Crippen molar-refractivity contribution in [2.24, 2.45) is 5.92 Å². The van der Waals surface area contributed by atoms with E-state index in [-0.39, 0.29) is 12.1 Å². The zero-order chi connectivity index (χ0) is 11.3. The van der Waals surface area contributed by atoms with E-state index < -0.39 is 0 Å². The van der Waals surface area contributed by atoms with E-state index in [0.29, 0.717) is 12.5 Å². The number of hydrogen-bond donors (Lipinski definition) is 1. The normalized spacial score (nSPS) is 21.7. The van der Waals surface area contributed by atoms with Crippen LogP contribution in [0.15, 0.2) is 0 Å².